The Kier molecular flexibility index (Phi) is 14.4. The highest BCUT2D eigenvalue weighted by molar-refractivity contribution is 7.91. The fourth-order valence-electron chi connectivity index (χ4n) is 5.96. The number of aromatic hydroxyl groups is 2. The van der Waals surface area contributed by atoms with Crippen molar-refractivity contribution in [3.05, 3.63) is 88.3 Å². The number of aromatic amines is 1. The van der Waals surface area contributed by atoms with Crippen molar-refractivity contribution in [1.82, 2.24) is 15.1 Å². The van der Waals surface area contributed by atoms with Crippen LogP contribution in [0, 0.1) is 0 Å². The number of phenols is 2. The van der Waals surface area contributed by atoms with Crippen molar-refractivity contribution in [3.8, 4) is 17.2 Å². The summed E-state index contributed by atoms with van der Waals surface area (Å²) in [6, 6.07) is 16.9. The van der Waals surface area contributed by atoms with Gasteiger partial charge in [-0.15, -0.1) is 0 Å². The third kappa shape index (κ3) is 10.2. The van der Waals surface area contributed by atoms with Gasteiger partial charge in [0.25, 0.3) is 11.5 Å². The standard InChI is InChI=1S/C38H51N5O6S/c1-3-4-5-6-7-8-9-10-11-12-13-14-16-19-28-26-31(44)27-33(36(28)45)50(48,49)32-24-22-29(23-25-32)40-41-35-34(37(46)39-2)42-43(38(35)47)30-20-17-15-18-21-30/h15,17-18,20-27,40-42,44-45H,3-14,16,19H2,1-2H3,(H,39,46). The maximum atomic E-state index is 13.6. The van der Waals surface area contributed by atoms with Crippen LogP contribution < -0.4 is 21.7 Å². The average molecular weight is 706 g/mol. The molecule has 0 aliphatic carbocycles. The van der Waals surface area contributed by atoms with E-state index >= 15 is 0 Å². The molecule has 3 aromatic carbocycles. The van der Waals surface area contributed by atoms with E-state index in [2.05, 4.69) is 28.2 Å². The minimum atomic E-state index is -4.18. The van der Waals surface area contributed by atoms with Gasteiger partial charge in [-0.3, -0.25) is 20.1 Å². The molecule has 12 heteroatoms. The fraction of sp³-hybridized carbons (Fsp3) is 0.421. The van der Waals surface area contributed by atoms with E-state index in [0.717, 1.165) is 31.7 Å². The number of carbonyl (C=O) groups is 1. The molecule has 1 heterocycles. The number of rotatable bonds is 21. The van der Waals surface area contributed by atoms with Crippen molar-refractivity contribution in [1.29, 1.82) is 0 Å². The summed E-state index contributed by atoms with van der Waals surface area (Å²) in [5.41, 5.74) is 6.41. The molecule has 0 unspecified atom stereocenters. The first-order valence-electron chi connectivity index (χ1n) is 17.7. The topological polar surface area (TPSA) is 166 Å². The zero-order chi connectivity index (χ0) is 35.9. The maximum absolute atomic E-state index is 13.6. The van der Waals surface area contributed by atoms with E-state index in [1.165, 1.54) is 99.8 Å². The number of amides is 1. The number of sulfone groups is 1. The lowest BCUT2D eigenvalue weighted by Gasteiger charge is -2.13. The largest absolute Gasteiger partial charge is 0.508 e. The zero-order valence-electron chi connectivity index (χ0n) is 29.1. The van der Waals surface area contributed by atoms with Crippen LogP contribution in [0.25, 0.3) is 5.69 Å². The Morgan fingerprint density at radius 2 is 1.36 bits per heavy atom. The molecule has 4 aromatic rings. The van der Waals surface area contributed by atoms with Gasteiger partial charge in [0.1, 0.15) is 16.4 Å². The van der Waals surface area contributed by atoms with E-state index in [1.807, 2.05) is 6.07 Å². The second kappa shape index (κ2) is 18.9. The van der Waals surface area contributed by atoms with Gasteiger partial charge in [0.15, 0.2) is 11.4 Å². The highest BCUT2D eigenvalue weighted by Crippen LogP contribution is 2.36. The molecule has 1 aromatic heterocycles. The molecule has 0 spiro atoms. The van der Waals surface area contributed by atoms with E-state index in [-0.39, 0.29) is 32.7 Å². The summed E-state index contributed by atoms with van der Waals surface area (Å²) in [7, 11) is -2.73. The van der Waals surface area contributed by atoms with Crippen LogP contribution in [0.4, 0.5) is 11.4 Å². The van der Waals surface area contributed by atoms with Crippen molar-refractivity contribution in [3.63, 3.8) is 0 Å². The molecule has 0 bridgehead atoms. The molecule has 6 N–H and O–H groups in total. The Bertz CT molecular complexity index is 1840. The zero-order valence-corrected chi connectivity index (χ0v) is 29.9. The molecule has 11 nitrogen and oxygen atoms in total. The SMILES string of the molecule is CCCCCCCCCCCCCCCc1cc(O)cc(S(=O)(=O)c2ccc(NNc3c(C(=O)NC)[nH]n(-c4ccccc4)c3=O)cc2)c1O. The molecular formula is C38H51N5O6S. The van der Waals surface area contributed by atoms with Gasteiger partial charge >= 0.3 is 0 Å². The van der Waals surface area contributed by atoms with Gasteiger partial charge in [-0.1, -0.05) is 102 Å². The first-order valence-corrected chi connectivity index (χ1v) is 19.2. The van der Waals surface area contributed by atoms with Crippen LogP contribution in [0.1, 0.15) is 106 Å². The minimum Gasteiger partial charge on any atom is -0.508 e. The van der Waals surface area contributed by atoms with Crippen LogP contribution in [-0.2, 0) is 16.3 Å². The van der Waals surface area contributed by atoms with Crippen molar-refractivity contribution < 1.29 is 23.4 Å². The number of carbonyl (C=O) groups excluding carboxylic acids is 1. The highest BCUT2D eigenvalue weighted by atomic mass is 32.2. The van der Waals surface area contributed by atoms with Gasteiger partial charge in [-0.25, -0.2) is 13.1 Å². The Morgan fingerprint density at radius 1 is 0.780 bits per heavy atom. The van der Waals surface area contributed by atoms with Gasteiger partial charge in [0, 0.05) is 13.1 Å². The Balaban J connectivity index is 1.33. The second-order valence-corrected chi connectivity index (χ2v) is 14.6. The number of H-pyrrole nitrogens is 1. The third-order valence-corrected chi connectivity index (χ3v) is 10.6. The second-order valence-electron chi connectivity index (χ2n) is 12.6. The number of aromatic nitrogens is 2. The normalized spacial score (nSPS) is 11.4. The molecule has 270 valence electrons. The molecule has 0 aliphatic heterocycles. The summed E-state index contributed by atoms with van der Waals surface area (Å²) in [5, 5.41) is 26.7. The summed E-state index contributed by atoms with van der Waals surface area (Å²) in [5.74, 6) is -1.09. The Labute approximate surface area is 295 Å². The molecule has 0 saturated heterocycles. The number of nitrogens with zero attached hydrogens (tertiary/aromatic N) is 1. The summed E-state index contributed by atoms with van der Waals surface area (Å²) in [4.78, 5) is 25.2. The Morgan fingerprint density at radius 3 is 1.94 bits per heavy atom. The van der Waals surface area contributed by atoms with Gasteiger partial charge in [0.05, 0.1) is 16.3 Å². The summed E-state index contributed by atoms with van der Waals surface area (Å²) in [6.45, 7) is 2.24. The number of phenolic OH excluding ortho intramolecular Hbond substituents is 2. The lowest BCUT2D eigenvalue weighted by atomic mass is 10.0. The number of hydrazine groups is 1. The lowest BCUT2D eigenvalue weighted by Crippen LogP contribution is -2.23. The predicted molar refractivity (Wildman–Crippen MR) is 198 cm³/mol. The molecule has 0 saturated carbocycles. The van der Waals surface area contributed by atoms with Crippen molar-refractivity contribution in [2.24, 2.45) is 0 Å². The summed E-state index contributed by atoms with van der Waals surface area (Å²) < 4.78 is 28.4. The van der Waals surface area contributed by atoms with E-state index in [1.54, 1.807) is 24.3 Å². The van der Waals surface area contributed by atoms with E-state index in [0.29, 0.717) is 23.4 Å². The number of aryl methyl sites for hydroxylation is 1. The van der Waals surface area contributed by atoms with Crippen molar-refractivity contribution in [2.75, 3.05) is 17.9 Å². The van der Waals surface area contributed by atoms with Crippen LogP contribution in [0.5, 0.6) is 11.5 Å². The number of para-hydroxylation sites is 1. The number of hydrogen-bond acceptors (Lipinski definition) is 8. The summed E-state index contributed by atoms with van der Waals surface area (Å²) >= 11 is 0. The molecule has 0 radical (unpaired) electrons. The van der Waals surface area contributed by atoms with Crippen LogP contribution in [0.15, 0.2) is 81.3 Å². The van der Waals surface area contributed by atoms with E-state index in [9.17, 15) is 28.2 Å². The fourth-order valence-corrected chi connectivity index (χ4v) is 7.37. The van der Waals surface area contributed by atoms with Gasteiger partial charge in [-0.05, 0) is 60.9 Å². The van der Waals surface area contributed by atoms with Crippen molar-refractivity contribution in [2.45, 2.75) is 107 Å². The number of nitrogens with one attached hydrogen (secondary N) is 4. The predicted octanol–water partition coefficient (Wildman–Crippen LogP) is 7.84. The highest BCUT2D eigenvalue weighted by Gasteiger charge is 2.25. The smallest absolute Gasteiger partial charge is 0.297 e. The van der Waals surface area contributed by atoms with Crippen LogP contribution >= 0.6 is 0 Å². The number of anilines is 2. The maximum Gasteiger partial charge on any atom is 0.297 e. The number of benzene rings is 3. The number of hydrogen-bond donors (Lipinski definition) is 6. The van der Waals surface area contributed by atoms with Crippen molar-refractivity contribution >= 4 is 27.1 Å². The molecule has 0 fully saturated rings. The van der Waals surface area contributed by atoms with Gasteiger partial charge < -0.3 is 21.0 Å². The molecule has 1 amide bonds. The van der Waals surface area contributed by atoms with Gasteiger partial charge in [-0.2, -0.15) is 0 Å². The van der Waals surface area contributed by atoms with E-state index < -0.39 is 21.3 Å². The minimum absolute atomic E-state index is 0.00187. The third-order valence-electron chi connectivity index (χ3n) is 8.83. The van der Waals surface area contributed by atoms with Gasteiger partial charge in [0.2, 0.25) is 9.84 Å². The van der Waals surface area contributed by atoms with Crippen LogP contribution in [0.3, 0.4) is 0 Å². The quantitative estimate of drug-likeness (QED) is 0.0290. The van der Waals surface area contributed by atoms with Crippen LogP contribution in [-0.4, -0.2) is 41.4 Å². The average Bonchev–Trinajstić information content (AvgIpc) is 3.46. The Hall–Kier alpha value is -4.71. The molecule has 0 aliphatic rings. The monoisotopic (exact) mass is 705 g/mol. The van der Waals surface area contributed by atoms with Crippen LogP contribution in [0.2, 0.25) is 0 Å². The van der Waals surface area contributed by atoms with E-state index in [4.69, 9.17) is 0 Å². The number of unbranched alkanes of at least 4 members (excludes halogenated alkanes) is 12. The first kappa shape index (κ1) is 38.1. The molecule has 50 heavy (non-hydrogen) atoms. The lowest BCUT2D eigenvalue weighted by molar-refractivity contribution is 0.0958. The molecule has 4 rings (SSSR count). The molecular weight excluding hydrogens is 655 g/mol. The first-order chi connectivity index (χ1) is 24.2. The summed E-state index contributed by atoms with van der Waals surface area (Å²) in [6.07, 6.45) is 16.2. The molecule has 0 atom stereocenters.